The van der Waals surface area contributed by atoms with E-state index in [1.54, 1.807) is 12.3 Å². The standard InChI is InChI=1S/C18H23N7O/c19-8-1-10-22-18-24-14-7-11-21-17(26)15(14)16(25-18)23-13-4-2-12(3-5-13)6-9-20/h2-5,7,11H,1,6,8-10,19-20H2,(H,21,26)(H2,22,23,24,25). The number of nitrogens with two attached hydrogens (primary N) is 2. The molecule has 3 aromatic rings. The van der Waals surface area contributed by atoms with Crippen molar-refractivity contribution in [3.8, 4) is 0 Å². The molecule has 0 fully saturated rings. The molecule has 0 amide bonds. The van der Waals surface area contributed by atoms with Crippen LogP contribution in [-0.4, -0.2) is 34.6 Å². The SMILES string of the molecule is NCCCNc1nc(Nc2ccc(CCN)cc2)c2c(=O)[nH]ccc2n1. The molecule has 0 spiro atoms. The summed E-state index contributed by atoms with van der Waals surface area (Å²) in [6.07, 6.45) is 3.21. The number of rotatable bonds is 8. The Bertz CT molecular complexity index is 921. The molecule has 0 radical (unpaired) electrons. The highest BCUT2D eigenvalue weighted by Gasteiger charge is 2.11. The van der Waals surface area contributed by atoms with Gasteiger partial charge in [-0.3, -0.25) is 4.79 Å². The van der Waals surface area contributed by atoms with E-state index in [1.165, 1.54) is 0 Å². The summed E-state index contributed by atoms with van der Waals surface area (Å²) in [5.74, 6) is 0.914. The number of nitrogens with zero attached hydrogens (tertiary/aromatic N) is 2. The first kappa shape index (κ1) is 17.8. The highest BCUT2D eigenvalue weighted by molar-refractivity contribution is 5.90. The van der Waals surface area contributed by atoms with E-state index in [1.807, 2.05) is 24.3 Å². The van der Waals surface area contributed by atoms with Crippen LogP contribution in [0.25, 0.3) is 10.9 Å². The van der Waals surface area contributed by atoms with E-state index in [4.69, 9.17) is 11.5 Å². The minimum absolute atomic E-state index is 0.238. The number of fused-ring (bicyclic) bond motifs is 1. The molecule has 3 rings (SSSR count). The smallest absolute Gasteiger partial charge is 0.261 e. The maximum atomic E-state index is 12.3. The number of hydrogen-bond acceptors (Lipinski definition) is 7. The summed E-state index contributed by atoms with van der Waals surface area (Å²) in [5, 5.41) is 6.78. The molecule has 0 aliphatic rings. The number of hydrogen-bond donors (Lipinski definition) is 5. The van der Waals surface area contributed by atoms with Gasteiger partial charge in [-0.25, -0.2) is 4.98 Å². The highest BCUT2D eigenvalue weighted by atomic mass is 16.1. The number of anilines is 3. The molecule has 0 atom stereocenters. The lowest BCUT2D eigenvalue weighted by Gasteiger charge is -2.11. The van der Waals surface area contributed by atoms with Gasteiger partial charge in [0.25, 0.3) is 5.56 Å². The summed E-state index contributed by atoms with van der Waals surface area (Å²) < 4.78 is 0. The predicted octanol–water partition coefficient (Wildman–Crippen LogP) is 1.32. The molecule has 0 unspecified atom stereocenters. The molecule has 0 saturated heterocycles. The van der Waals surface area contributed by atoms with Crippen LogP contribution in [0.4, 0.5) is 17.5 Å². The third-order valence-electron chi connectivity index (χ3n) is 3.93. The van der Waals surface area contributed by atoms with Crippen molar-refractivity contribution in [2.24, 2.45) is 11.5 Å². The summed E-state index contributed by atoms with van der Waals surface area (Å²) in [6, 6.07) is 9.64. The van der Waals surface area contributed by atoms with E-state index in [0.29, 0.717) is 42.3 Å². The Balaban J connectivity index is 1.95. The summed E-state index contributed by atoms with van der Waals surface area (Å²) in [6.45, 7) is 1.86. The van der Waals surface area contributed by atoms with E-state index >= 15 is 0 Å². The fraction of sp³-hybridized carbons (Fsp3) is 0.278. The topological polar surface area (TPSA) is 135 Å². The van der Waals surface area contributed by atoms with Crippen LogP contribution in [0.15, 0.2) is 41.3 Å². The first-order chi connectivity index (χ1) is 12.7. The molecule has 8 heteroatoms. The Labute approximate surface area is 151 Å². The van der Waals surface area contributed by atoms with Gasteiger partial charge in [-0.2, -0.15) is 4.98 Å². The second kappa shape index (κ2) is 8.41. The number of H-pyrrole nitrogens is 1. The zero-order valence-corrected chi connectivity index (χ0v) is 14.5. The van der Waals surface area contributed by atoms with Crippen molar-refractivity contribution in [1.29, 1.82) is 0 Å². The third-order valence-corrected chi connectivity index (χ3v) is 3.93. The van der Waals surface area contributed by atoms with Crippen molar-refractivity contribution in [3.63, 3.8) is 0 Å². The van der Waals surface area contributed by atoms with Crippen molar-refractivity contribution >= 4 is 28.4 Å². The summed E-state index contributed by atoms with van der Waals surface area (Å²) >= 11 is 0. The van der Waals surface area contributed by atoms with Gasteiger partial charge in [0.2, 0.25) is 5.95 Å². The second-order valence-corrected chi connectivity index (χ2v) is 5.89. The fourth-order valence-corrected chi connectivity index (χ4v) is 2.62. The number of aromatic amines is 1. The van der Waals surface area contributed by atoms with Crippen LogP contribution in [0.1, 0.15) is 12.0 Å². The van der Waals surface area contributed by atoms with Gasteiger partial charge in [0.15, 0.2) is 0 Å². The summed E-state index contributed by atoms with van der Waals surface area (Å²) in [5.41, 5.74) is 13.4. The van der Waals surface area contributed by atoms with E-state index in [2.05, 4.69) is 25.6 Å². The molecule has 136 valence electrons. The maximum Gasteiger partial charge on any atom is 0.261 e. The van der Waals surface area contributed by atoms with Gasteiger partial charge in [0.05, 0.1) is 5.52 Å². The van der Waals surface area contributed by atoms with Crippen LogP contribution in [-0.2, 0) is 6.42 Å². The number of pyridine rings is 1. The molecule has 2 aromatic heterocycles. The molecular formula is C18H23N7O. The highest BCUT2D eigenvalue weighted by Crippen LogP contribution is 2.22. The molecule has 26 heavy (non-hydrogen) atoms. The van der Waals surface area contributed by atoms with Gasteiger partial charge in [-0.15, -0.1) is 0 Å². The quantitative estimate of drug-likeness (QED) is 0.385. The van der Waals surface area contributed by atoms with Crippen LogP contribution in [0.2, 0.25) is 0 Å². The van der Waals surface area contributed by atoms with Gasteiger partial charge in [0.1, 0.15) is 11.2 Å². The Morgan fingerprint density at radius 3 is 2.58 bits per heavy atom. The van der Waals surface area contributed by atoms with Gasteiger partial charge in [0, 0.05) is 18.4 Å². The largest absolute Gasteiger partial charge is 0.354 e. The zero-order valence-electron chi connectivity index (χ0n) is 14.5. The van der Waals surface area contributed by atoms with E-state index in [9.17, 15) is 4.79 Å². The van der Waals surface area contributed by atoms with Gasteiger partial charge in [-0.05, 0) is 49.7 Å². The zero-order chi connectivity index (χ0) is 18.4. The van der Waals surface area contributed by atoms with Gasteiger partial charge >= 0.3 is 0 Å². The molecule has 2 heterocycles. The molecule has 7 N–H and O–H groups in total. The Morgan fingerprint density at radius 1 is 1.04 bits per heavy atom. The average molecular weight is 353 g/mol. The number of benzene rings is 1. The molecule has 8 nitrogen and oxygen atoms in total. The second-order valence-electron chi connectivity index (χ2n) is 5.89. The maximum absolute atomic E-state index is 12.3. The molecule has 1 aromatic carbocycles. The Kier molecular flexibility index (Phi) is 5.77. The van der Waals surface area contributed by atoms with Crippen molar-refractivity contribution in [2.75, 3.05) is 30.3 Å². The van der Waals surface area contributed by atoms with Crippen molar-refractivity contribution < 1.29 is 0 Å². The lowest BCUT2D eigenvalue weighted by molar-refractivity contribution is 0.865. The third kappa shape index (κ3) is 4.16. The predicted molar refractivity (Wildman–Crippen MR) is 105 cm³/mol. The van der Waals surface area contributed by atoms with Crippen LogP contribution < -0.4 is 27.7 Å². The Hall–Kier alpha value is -2.97. The van der Waals surface area contributed by atoms with Crippen LogP contribution in [0, 0.1) is 0 Å². The van der Waals surface area contributed by atoms with E-state index < -0.39 is 0 Å². The minimum Gasteiger partial charge on any atom is -0.354 e. The molecule has 0 bridgehead atoms. The normalized spacial score (nSPS) is 10.8. The lowest BCUT2D eigenvalue weighted by Crippen LogP contribution is -2.14. The molecular weight excluding hydrogens is 330 g/mol. The number of nitrogens with one attached hydrogen (secondary N) is 3. The first-order valence-electron chi connectivity index (χ1n) is 8.60. The van der Waals surface area contributed by atoms with Crippen LogP contribution in [0.3, 0.4) is 0 Å². The van der Waals surface area contributed by atoms with E-state index in [-0.39, 0.29) is 5.56 Å². The Morgan fingerprint density at radius 2 is 1.85 bits per heavy atom. The fourth-order valence-electron chi connectivity index (χ4n) is 2.62. The summed E-state index contributed by atoms with van der Waals surface area (Å²) in [4.78, 5) is 23.8. The van der Waals surface area contributed by atoms with Crippen molar-refractivity contribution in [3.05, 3.63) is 52.4 Å². The molecule has 0 saturated carbocycles. The van der Waals surface area contributed by atoms with Crippen molar-refractivity contribution in [1.82, 2.24) is 15.0 Å². The van der Waals surface area contributed by atoms with Gasteiger partial charge in [-0.1, -0.05) is 12.1 Å². The van der Waals surface area contributed by atoms with Crippen molar-refractivity contribution in [2.45, 2.75) is 12.8 Å². The lowest BCUT2D eigenvalue weighted by atomic mass is 10.1. The molecule has 0 aliphatic heterocycles. The number of aromatic nitrogens is 3. The minimum atomic E-state index is -0.238. The average Bonchev–Trinajstić information content (AvgIpc) is 2.64. The molecule has 0 aliphatic carbocycles. The van der Waals surface area contributed by atoms with Crippen LogP contribution in [0.5, 0.6) is 0 Å². The van der Waals surface area contributed by atoms with Gasteiger partial charge < -0.3 is 27.1 Å². The monoisotopic (exact) mass is 353 g/mol. The van der Waals surface area contributed by atoms with E-state index in [0.717, 1.165) is 24.1 Å². The summed E-state index contributed by atoms with van der Waals surface area (Å²) in [7, 11) is 0. The van der Waals surface area contributed by atoms with Crippen LogP contribution >= 0.6 is 0 Å². The first-order valence-corrected chi connectivity index (χ1v) is 8.60.